The van der Waals surface area contributed by atoms with Crippen molar-refractivity contribution in [3.63, 3.8) is 0 Å². The van der Waals surface area contributed by atoms with E-state index in [1.807, 2.05) is 17.8 Å². The predicted octanol–water partition coefficient (Wildman–Crippen LogP) is 3.16. The van der Waals surface area contributed by atoms with E-state index in [1.54, 1.807) is 13.8 Å². The number of nitrogens with one attached hydrogen (secondary N) is 1. The molecule has 0 aromatic carbocycles. The molecule has 1 amide bonds. The van der Waals surface area contributed by atoms with Crippen LogP contribution in [0.4, 0.5) is 8.78 Å². The Bertz CT molecular complexity index is 693. The van der Waals surface area contributed by atoms with Gasteiger partial charge >= 0.3 is 0 Å². The van der Waals surface area contributed by atoms with Crippen molar-refractivity contribution in [1.29, 1.82) is 0 Å². The fraction of sp³-hybridized carbons (Fsp3) is 0.533. The molecular formula is C15H20BrF2N5O. The minimum atomic E-state index is -2.64. The van der Waals surface area contributed by atoms with Crippen molar-refractivity contribution in [1.82, 2.24) is 24.9 Å². The van der Waals surface area contributed by atoms with E-state index in [4.69, 9.17) is 0 Å². The molecule has 0 fully saturated rings. The Hall–Kier alpha value is -1.77. The number of hydrogen-bond donors (Lipinski definition) is 1. The van der Waals surface area contributed by atoms with Gasteiger partial charge in [0.25, 0.3) is 6.43 Å². The molecule has 0 saturated heterocycles. The summed E-state index contributed by atoms with van der Waals surface area (Å²) in [6, 6.07) is 0.658. The summed E-state index contributed by atoms with van der Waals surface area (Å²) in [7, 11) is 0. The summed E-state index contributed by atoms with van der Waals surface area (Å²) in [5.41, 5.74) is 1.13. The van der Waals surface area contributed by atoms with E-state index in [-0.39, 0.29) is 11.6 Å². The zero-order valence-electron chi connectivity index (χ0n) is 13.8. The van der Waals surface area contributed by atoms with Gasteiger partial charge in [-0.1, -0.05) is 0 Å². The molecule has 132 valence electrons. The molecule has 1 atom stereocenters. The summed E-state index contributed by atoms with van der Waals surface area (Å²) in [5.74, 6) is -0.250. The van der Waals surface area contributed by atoms with Crippen molar-refractivity contribution in [2.45, 2.75) is 46.2 Å². The lowest BCUT2D eigenvalue weighted by molar-refractivity contribution is -0.124. The second kappa shape index (κ2) is 7.87. The Morgan fingerprint density at radius 1 is 1.38 bits per heavy atom. The second-order valence-electron chi connectivity index (χ2n) is 5.60. The topological polar surface area (TPSA) is 64.7 Å². The minimum Gasteiger partial charge on any atom is -0.354 e. The Balaban J connectivity index is 1.83. The third-order valence-electron chi connectivity index (χ3n) is 3.66. The van der Waals surface area contributed by atoms with Crippen LogP contribution in [0.2, 0.25) is 0 Å². The van der Waals surface area contributed by atoms with Crippen LogP contribution < -0.4 is 5.32 Å². The standard InChI is InChI=1S/C15H20BrF2N5O/c1-9-7-13(14(17)18)21-23(9)11(3)15(24)19-5-4-6-22-8-12(16)10(2)20-22/h7-8,11,14H,4-6H2,1-3H3,(H,19,24). The monoisotopic (exact) mass is 403 g/mol. The fourth-order valence-corrected chi connectivity index (χ4v) is 2.65. The van der Waals surface area contributed by atoms with Crippen LogP contribution in [0.25, 0.3) is 0 Å². The molecule has 9 heteroatoms. The van der Waals surface area contributed by atoms with Crippen molar-refractivity contribution < 1.29 is 13.6 Å². The van der Waals surface area contributed by atoms with E-state index in [1.165, 1.54) is 10.7 Å². The first-order chi connectivity index (χ1) is 11.3. The summed E-state index contributed by atoms with van der Waals surface area (Å²) < 4.78 is 29.4. The van der Waals surface area contributed by atoms with Gasteiger partial charge in [0, 0.05) is 25.0 Å². The summed E-state index contributed by atoms with van der Waals surface area (Å²) >= 11 is 3.40. The van der Waals surface area contributed by atoms with Crippen LogP contribution in [0.1, 0.15) is 42.9 Å². The molecule has 6 nitrogen and oxygen atoms in total. The molecular weight excluding hydrogens is 384 g/mol. The first kappa shape index (κ1) is 18.6. The lowest BCUT2D eigenvalue weighted by Gasteiger charge is -2.14. The predicted molar refractivity (Wildman–Crippen MR) is 88.9 cm³/mol. The van der Waals surface area contributed by atoms with Gasteiger partial charge in [-0.2, -0.15) is 10.2 Å². The number of carbonyl (C=O) groups excluding carboxylic acids is 1. The summed E-state index contributed by atoms with van der Waals surface area (Å²) in [5, 5.41) is 10.9. The largest absolute Gasteiger partial charge is 0.354 e. The molecule has 0 radical (unpaired) electrons. The zero-order chi connectivity index (χ0) is 17.9. The SMILES string of the molecule is Cc1nn(CCCNC(=O)C(C)n2nc(C(F)F)cc2C)cc1Br. The third-order valence-corrected chi connectivity index (χ3v) is 4.44. The Kier molecular flexibility index (Phi) is 6.09. The average Bonchev–Trinajstić information content (AvgIpc) is 3.06. The first-order valence-corrected chi connectivity index (χ1v) is 8.40. The van der Waals surface area contributed by atoms with Crippen LogP contribution in [-0.2, 0) is 11.3 Å². The molecule has 2 aromatic rings. The van der Waals surface area contributed by atoms with E-state index in [0.717, 1.165) is 10.2 Å². The quantitative estimate of drug-likeness (QED) is 0.722. The summed E-state index contributed by atoms with van der Waals surface area (Å²) in [6.45, 7) is 6.35. The molecule has 2 heterocycles. The number of carbonyl (C=O) groups is 1. The molecule has 24 heavy (non-hydrogen) atoms. The summed E-state index contributed by atoms with van der Waals surface area (Å²) in [4.78, 5) is 12.2. The van der Waals surface area contributed by atoms with Gasteiger partial charge in [-0.3, -0.25) is 14.2 Å². The average molecular weight is 404 g/mol. The number of alkyl halides is 2. The number of hydrogen-bond acceptors (Lipinski definition) is 3. The van der Waals surface area contributed by atoms with Gasteiger partial charge in [-0.15, -0.1) is 0 Å². The smallest absolute Gasteiger partial charge is 0.282 e. The van der Waals surface area contributed by atoms with E-state index in [0.29, 0.717) is 25.2 Å². The van der Waals surface area contributed by atoms with Gasteiger partial charge in [0.15, 0.2) is 0 Å². The molecule has 0 aliphatic heterocycles. The Labute approximate surface area is 147 Å². The lowest BCUT2D eigenvalue weighted by Crippen LogP contribution is -2.33. The Morgan fingerprint density at radius 3 is 2.62 bits per heavy atom. The van der Waals surface area contributed by atoms with Crippen LogP contribution in [0.5, 0.6) is 0 Å². The molecule has 0 spiro atoms. The third kappa shape index (κ3) is 4.40. The highest BCUT2D eigenvalue weighted by atomic mass is 79.9. The van der Waals surface area contributed by atoms with E-state index >= 15 is 0 Å². The number of amides is 1. The van der Waals surface area contributed by atoms with E-state index in [2.05, 4.69) is 31.4 Å². The van der Waals surface area contributed by atoms with Crippen LogP contribution >= 0.6 is 15.9 Å². The van der Waals surface area contributed by atoms with Gasteiger partial charge in [0.05, 0.1) is 10.2 Å². The van der Waals surface area contributed by atoms with Crippen molar-refractivity contribution in [2.75, 3.05) is 6.54 Å². The van der Waals surface area contributed by atoms with Crippen LogP contribution in [-0.4, -0.2) is 32.0 Å². The highest BCUT2D eigenvalue weighted by Gasteiger charge is 2.20. The maximum absolute atomic E-state index is 12.7. The molecule has 0 saturated carbocycles. The minimum absolute atomic E-state index is 0.250. The second-order valence-corrected chi connectivity index (χ2v) is 6.46. The zero-order valence-corrected chi connectivity index (χ0v) is 15.3. The van der Waals surface area contributed by atoms with Crippen molar-refractivity contribution >= 4 is 21.8 Å². The van der Waals surface area contributed by atoms with Crippen molar-refractivity contribution in [3.8, 4) is 0 Å². The maximum Gasteiger partial charge on any atom is 0.282 e. The molecule has 2 aromatic heterocycles. The van der Waals surface area contributed by atoms with Gasteiger partial charge in [-0.05, 0) is 49.2 Å². The number of aryl methyl sites for hydroxylation is 3. The fourth-order valence-electron chi connectivity index (χ4n) is 2.33. The Morgan fingerprint density at radius 2 is 2.08 bits per heavy atom. The van der Waals surface area contributed by atoms with Crippen molar-refractivity contribution in [3.05, 3.63) is 33.8 Å². The van der Waals surface area contributed by atoms with Gasteiger partial charge < -0.3 is 5.32 Å². The lowest BCUT2D eigenvalue weighted by atomic mass is 10.3. The molecule has 0 aliphatic rings. The number of halogens is 3. The molecule has 0 aliphatic carbocycles. The van der Waals surface area contributed by atoms with Crippen LogP contribution in [0.15, 0.2) is 16.7 Å². The maximum atomic E-state index is 12.7. The highest BCUT2D eigenvalue weighted by molar-refractivity contribution is 9.10. The van der Waals surface area contributed by atoms with Gasteiger partial charge in [-0.25, -0.2) is 8.78 Å². The normalized spacial score (nSPS) is 12.6. The number of nitrogens with zero attached hydrogens (tertiary/aromatic N) is 4. The van der Waals surface area contributed by atoms with Crippen LogP contribution in [0.3, 0.4) is 0 Å². The molecule has 1 unspecified atom stereocenters. The molecule has 1 N–H and O–H groups in total. The van der Waals surface area contributed by atoms with Crippen LogP contribution in [0, 0.1) is 13.8 Å². The number of aromatic nitrogens is 4. The first-order valence-electron chi connectivity index (χ1n) is 7.61. The number of rotatable bonds is 7. The highest BCUT2D eigenvalue weighted by Crippen LogP contribution is 2.20. The van der Waals surface area contributed by atoms with Crippen molar-refractivity contribution in [2.24, 2.45) is 0 Å². The van der Waals surface area contributed by atoms with E-state index < -0.39 is 12.5 Å². The van der Waals surface area contributed by atoms with Gasteiger partial charge in [0.2, 0.25) is 5.91 Å². The molecule has 2 rings (SSSR count). The van der Waals surface area contributed by atoms with Gasteiger partial charge in [0.1, 0.15) is 11.7 Å². The molecule has 0 bridgehead atoms. The summed E-state index contributed by atoms with van der Waals surface area (Å²) in [6.07, 6.45) is -0.0393. The van der Waals surface area contributed by atoms with E-state index in [9.17, 15) is 13.6 Å².